The first-order chi connectivity index (χ1) is 10.1. The topological polar surface area (TPSA) is 48.5 Å². The lowest BCUT2D eigenvalue weighted by Crippen LogP contribution is -2.38. The number of carbonyl (C=O) groups excluding carboxylic acids is 1. The second kappa shape index (κ2) is 7.41. The molecule has 5 heteroatoms. The van der Waals surface area contributed by atoms with E-state index in [9.17, 15) is 4.79 Å². The van der Waals surface area contributed by atoms with Crippen molar-refractivity contribution in [3.05, 3.63) is 23.9 Å². The lowest BCUT2D eigenvalue weighted by atomic mass is 9.96. The molecule has 5 nitrogen and oxygen atoms in total. The fourth-order valence-electron chi connectivity index (χ4n) is 2.78. The molecule has 1 amide bonds. The molecule has 116 valence electrons. The Hall–Kier alpha value is -1.62. The summed E-state index contributed by atoms with van der Waals surface area (Å²) in [4.78, 5) is 20.9. The highest BCUT2D eigenvalue weighted by Crippen LogP contribution is 2.18. The smallest absolute Gasteiger partial charge is 0.253 e. The summed E-state index contributed by atoms with van der Waals surface area (Å²) >= 11 is 0. The zero-order valence-corrected chi connectivity index (χ0v) is 13.3. The van der Waals surface area contributed by atoms with Gasteiger partial charge in [0.2, 0.25) is 0 Å². The van der Waals surface area contributed by atoms with Gasteiger partial charge < -0.3 is 15.1 Å². The molecule has 1 N–H and O–H groups in total. The number of anilines is 1. The highest BCUT2D eigenvalue weighted by molar-refractivity contribution is 5.94. The molecule has 1 aliphatic rings. The maximum Gasteiger partial charge on any atom is 0.253 e. The first-order valence-electron chi connectivity index (χ1n) is 7.74. The van der Waals surface area contributed by atoms with Crippen LogP contribution in [0.4, 0.5) is 5.82 Å². The number of nitrogens with zero attached hydrogens (tertiary/aromatic N) is 3. The van der Waals surface area contributed by atoms with Gasteiger partial charge in [0.15, 0.2) is 0 Å². The molecule has 0 unspecified atom stereocenters. The van der Waals surface area contributed by atoms with E-state index in [1.807, 2.05) is 24.9 Å². The number of nitrogens with one attached hydrogen (secondary N) is 1. The van der Waals surface area contributed by atoms with E-state index in [0.717, 1.165) is 32.0 Å². The summed E-state index contributed by atoms with van der Waals surface area (Å²) in [5.74, 6) is 1.46. The van der Waals surface area contributed by atoms with E-state index in [1.165, 1.54) is 12.8 Å². The van der Waals surface area contributed by atoms with Crippen LogP contribution in [0.2, 0.25) is 0 Å². The number of carbonyl (C=O) groups is 1. The predicted octanol–water partition coefficient (Wildman–Crippen LogP) is 1.93. The van der Waals surface area contributed by atoms with Crippen molar-refractivity contribution in [1.82, 2.24) is 14.8 Å². The Morgan fingerprint density at radius 1 is 1.48 bits per heavy atom. The lowest BCUT2D eigenvalue weighted by Gasteiger charge is -2.31. The number of pyridine rings is 1. The average Bonchev–Trinajstić information content (AvgIpc) is 2.49. The van der Waals surface area contributed by atoms with Gasteiger partial charge in [-0.1, -0.05) is 0 Å². The first kappa shape index (κ1) is 15.8. The third-order valence-corrected chi connectivity index (χ3v) is 4.08. The van der Waals surface area contributed by atoms with Gasteiger partial charge in [-0.25, -0.2) is 4.98 Å². The van der Waals surface area contributed by atoms with E-state index in [4.69, 9.17) is 0 Å². The fourth-order valence-corrected chi connectivity index (χ4v) is 2.78. The van der Waals surface area contributed by atoms with Crippen molar-refractivity contribution in [2.45, 2.75) is 19.8 Å². The van der Waals surface area contributed by atoms with Crippen LogP contribution in [0.1, 0.15) is 30.1 Å². The second-order valence-corrected chi connectivity index (χ2v) is 5.89. The molecule has 1 aromatic rings. The summed E-state index contributed by atoms with van der Waals surface area (Å²) < 4.78 is 0. The molecule has 0 saturated carbocycles. The van der Waals surface area contributed by atoms with Crippen LogP contribution in [0.5, 0.6) is 0 Å². The quantitative estimate of drug-likeness (QED) is 0.900. The molecular formula is C16H26N4O. The number of piperidine rings is 1. The fraction of sp³-hybridized carbons (Fsp3) is 0.625. The molecule has 2 heterocycles. The molecule has 1 saturated heterocycles. The Kier molecular flexibility index (Phi) is 5.56. The molecule has 1 fully saturated rings. The number of likely N-dealkylation sites (tertiary alicyclic amines) is 1. The van der Waals surface area contributed by atoms with Crippen molar-refractivity contribution >= 4 is 11.7 Å². The third kappa shape index (κ3) is 4.43. The van der Waals surface area contributed by atoms with Crippen LogP contribution in [-0.4, -0.2) is 61.0 Å². The van der Waals surface area contributed by atoms with Crippen LogP contribution in [0.25, 0.3) is 0 Å². The number of aromatic nitrogens is 1. The summed E-state index contributed by atoms with van der Waals surface area (Å²) in [6, 6.07) is 3.62. The standard InChI is InChI=1S/C16H26N4O/c1-4-17-15-11-14(5-8-18-15)16(21)20(3)12-13-6-9-19(2)10-7-13/h5,8,11,13H,4,6-7,9-10,12H2,1-3H3,(H,17,18). The van der Waals surface area contributed by atoms with Crippen LogP contribution in [0, 0.1) is 5.92 Å². The maximum atomic E-state index is 12.5. The molecule has 0 aliphatic carbocycles. The normalized spacial score (nSPS) is 16.7. The van der Waals surface area contributed by atoms with Gasteiger partial charge in [0.05, 0.1) is 0 Å². The van der Waals surface area contributed by atoms with E-state index in [-0.39, 0.29) is 5.91 Å². The summed E-state index contributed by atoms with van der Waals surface area (Å²) in [6.07, 6.45) is 4.04. The summed E-state index contributed by atoms with van der Waals surface area (Å²) in [5, 5.41) is 3.14. The van der Waals surface area contributed by atoms with Crippen molar-refractivity contribution in [2.75, 3.05) is 45.6 Å². The third-order valence-electron chi connectivity index (χ3n) is 4.08. The highest BCUT2D eigenvalue weighted by atomic mass is 16.2. The monoisotopic (exact) mass is 290 g/mol. The van der Waals surface area contributed by atoms with Crippen molar-refractivity contribution in [1.29, 1.82) is 0 Å². The van der Waals surface area contributed by atoms with Gasteiger partial charge in [0.1, 0.15) is 5.82 Å². The van der Waals surface area contributed by atoms with Gasteiger partial charge in [0.25, 0.3) is 5.91 Å². The molecule has 21 heavy (non-hydrogen) atoms. The highest BCUT2D eigenvalue weighted by Gasteiger charge is 2.21. The van der Waals surface area contributed by atoms with E-state index < -0.39 is 0 Å². The summed E-state index contributed by atoms with van der Waals surface area (Å²) in [5.41, 5.74) is 0.705. The molecular weight excluding hydrogens is 264 g/mol. The van der Waals surface area contributed by atoms with Gasteiger partial charge in [0, 0.05) is 31.9 Å². The Morgan fingerprint density at radius 3 is 2.86 bits per heavy atom. The van der Waals surface area contributed by atoms with E-state index in [0.29, 0.717) is 11.5 Å². The van der Waals surface area contributed by atoms with E-state index >= 15 is 0 Å². The predicted molar refractivity (Wildman–Crippen MR) is 85.6 cm³/mol. The van der Waals surface area contributed by atoms with E-state index in [2.05, 4.69) is 22.2 Å². The minimum atomic E-state index is 0.0791. The van der Waals surface area contributed by atoms with Crippen molar-refractivity contribution in [2.24, 2.45) is 5.92 Å². The van der Waals surface area contributed by atoms with Crippen LogP contribution in [-0.2, 0) is 0 Å². The number of hydrogen-bond donors (Lipinski definition) is 1. The van der Waals surface area contributed by atoms with Crippen molar-refractivity contribution in [3.8, 4) is 0 Å². The zero-order valence-electron chi connectivity index (χ0n) is 13.3. The van der Waals surface area contributed by atoms with E-state index in [1.54, 1.807) is 12.3 Å². The minimum Gasteiger partial charge on any atom is -0.370 e. The molecule has 1 aliphatic heterocycles. The van der Waals surface area contributed by atoms with Crippen molar-refractivity contribution in [3.63, 3.8) is 0 Å². The number of hydrogen-bond acceptors (Lipinski definition) is 4. The Labute approximate surface area is 127 Å². The largest absolute Gasteiger partial charge is 0.370 e. The maximum absolute atomic E-state index is 12.5. The molecule has 0 atom stereocenters. The van der Waals surface area contributed by atoms with Crippen molar-refractivity contribution < 1.29 is 4.79 Å². The second-order valence-electron chi connectivity index (χ2n) is 5.89. The Morgan fingerprint density at radius 2 is 2.19 bits per heavy atom. The molecule has 0 bridgehead atoms. The average molecular weight is 290 g/mol. The number of amides is 1. The Balaban J connectivity index is 1.94. The van der Waals surface area contributed by atoms with Crippen LogP contribution >= 0.6 is 0 Å². The molecule has 0 aromatic carbocycles. The zero-order chi connectivity index (χ0) is 15.2. The summed E-state index contributed by atoms with van der Waals surface area (Å²) in [7, 11) is 4.05. The van der Waals surface area contributed by atoms with Gasteiger partial charge in [-0.2, -0.15) is 0 Å². The van der Waals surface area contributed by atoms with Gasteiger partial charge in [-0.15, -0.1) is 0 Å². The SMILES string of the molecule is CCNc1cc(C(=O)N(C)CC2CCN(C)CC2)ccn1. The molecule has 0 spiro atoms. The molecule has 1 aromatic heterocycles. The van der Waals surface area contributed by atoms with Crippen LogP contribution < -0.4 is 5.32 Å². The Bertz CT molecular complexity index is 469. The summed E-state index contributed by atoms with van der Waals surface area (Å²) in [6.45, 7) is 5.92. The van der Waals surface area contributed by atoms with Gasteiger partial charge in [-0.3, -0.25) is 4.79 Å². The van der Waals surface area contributed by atoms with Gasteiger partial charge >= 0.3 is 0 Å². The van der Waals surface area contributed by atoms with Gasteiger partial charge in [-0.05, 0) is 58.0 Å². The van der Waals surface area contributed by atoms with Crippen LogP contribution in [0.15, 0.2) is 18.3 Å². The molecule has 2 rings (SSSR count). The first-order valence-corrected chi connectivity index (χ1v) is 7.74. The number of rotatable bonds is 5. The minimum absolute atomic E-state index is 0.0791. The lowest BCUT2D eigenvalue weighted by molar-refractivity contribution is 0.0747. The van der Waals surface area contributed by atoms with Crippen LogP contribution in [0.3, 0.4) is 0 Å². The molecule has 0 radical (unpaired) electrons.